The Morgan fingerprint density at radius 3 is 2.62 bits per heavy atom. The average Bonchev–Trinajstić information content (AvgIpc) is 2.20. The van der Waals surface area contributed by atoms with Crippen LogP contribution in [-0.2, 0) is 11.3 Å². The first kappa shape index (κ1) is 12.3. The van der Waals surface area contributed by atoms with E-state index in [1.165, 1.54) is 6.07 Å². The SMILES string of the molecule is CC(C)(NCc1cccc(O)c1O)C(N)=O. The molecule has 0 saturated carbocycles. The number of nitrogens with two attached hydrogens (primary N) is 1. The summed E-state index contributed by atoms with van der Waals surface area (Å²) in [5.74, 6) is -0.849. The average molecular weight is 224 g/mol. The molecule has 88 valence electrons. The fraction of sp³-hybridized carbons (Fsp3) is 0.364. The van der Waals surface area contributed by atoms with Gasteiger partial charge in [0.1, 0.15) is 0 Å². The van der Waals surface area contributed by atoms with Crippen molar-refractivity contribution in [3.05, 3.63) is 23.8 Å². The number of rotatable bonds is 4. The number of hydrogen-bond donors (Lipinski definition) is 4. The van der Waals surface area contributed by atoms with Gasteiger partial charge in [-0.25, -0.2) is 0 Å². The standard InChI is InChI=1S/C11H16N2O3/c1-11(2,10(12)16)13-6-7-4-3-5-8(14)9(7)15/h3-5,13-15H,6H2,1-2H3,(H2,12,16). The van der Waals surface area contributed by atoms with Crippen LogP contribution in [0.4, 0.5) is 0 Å². The van der Waals surface area contributed by atoms with Gasteiger partial charge in [-0.15, -0.1) is 0 Å². The van der Waals surface area contributed by atoms with E-state index in [1.807, 2.05) is 0 Å². The van der Waals surface area contributed by atoms with Crippen LogP contribution in [0.1, 0.15) is 19.4 Å². The molecule has 0 heterocycles. The van der Waals surface area contributed by atoms with Crippen LogP contribution in [0.2, 0.25) is 0 Å². The van der Waals surface area contributed by atoms with Gasteiger partial charge in [0.25, 0.3) is 0 Å². The summed E-state index contributed by atoms with van der Waals surface area (Å²) >= 11 is 0. The van der Waals surface area contributed by atoms with Crippen molar-refractivity contribution in [2.45, 2.75) is 25.9 Å². The van der Waals surface area contributed by atoms with Crippen LogP contribution in [0.15, 0.2) is 18.2 Å². The number of carbonyl (C=O) groups is 1. The summed E-state index contributed by atoms with van der Waals surface area (Å²) in [7, 11) is 0. The molecule has 5 N–H and O–H groups in total. The third-order valence-corrected chi connectivity index (χ3v) is 2.44. The first-order chi connectivity index (χ1) is 7.34. The topological polar surface area (TPSA) is 95.6 Å². The lowest BCUT2D eigenvalue weighted by molar-refractivity contribution is -0.123. The Bertz CT molecular complexity index is 402. The van der Waals surface area contributed by atoms with E-state index in [1.54, 1.807) is 26.0 Å². The monoisotopic (exact) mass is 224 g/mol. The molecule has 0 atom stereocenters. The summed E-state index contributed by atoms with van der Waals surface area (Å²) in [6.07, 6.45) is 0. The molecule has 0 aliphatic heterocycles. The van der Waals surface area contributed by atoms with Gasteiger partial charge < -0.3 is 15.9 Å². The summed E-state index contributed by atoms with van der Waals surface area (Å²) < 4.78 is 0. The molecule has 16 heavy (non-hydrogen) atoms. The third kappa shape index (κ3) is 2.64. The number of benzene rings is 1. The molecule has 0 radical (unpaired) electrons. The summed E-state index contributed by atoms with van der Waals surface area (Å²) in [6, 6.07) is 4.65. The van der Waals surface area contributed by atoms with Crippen molar-refractivity contribution in [1.82, 2.24) is 5.32 Å². The lowest BCUT2D eigenvalue weighted by Crippen LogP contribution is -2.50. The van der Waals surface area contributed by atoms with Crippen LogP contribution in [0.3, 0.4) is 0 Å². The van der Waals surface area contributed by atoms with E-state index < -0.39 is 11.4 Å². The van der Waals surface area contributed by atoms with E-state index in [0.717, 1.165) is 0 Å². The molecular formula is C11H16N2O3. The second kappa shape index (κ2) is 4.40. The highest BCUT2D eigenvalue weighted by molar-refractivity contribution is 5.83. The van der Waals surface area contributed by atoms with E-state index in [0.29, 0.717) is 5.56 Å². The molecule has 5 heteroatoms. The minimum Gasteiger partial charge on any atom is -0.504 e. The Kier molecular flexibility index (Phi) is 3.39. The summed E-state index contributed by atoms with van der Waals surface area (Å²) in [4.78, 5) is 11.0. The van der Waals surface area contributed by atoms with Crippen molar-refractivity contribution < 1.29 is 15.0 Å². The van der Waals surface area contributed by atoms with Gasteiger partial charge in [-0.2, -0.15) is 0 Å². The Morgan fingerprint density at radius 2 is 2.06 bits per heavy atom. The molecule has 0 fully saturated rings. The van der Waals surface area contributed by atoms with Crippen LogP contribution in [0, 0.1) is 0 Å². The van der Waals surface area contributed by atoms with Crippen molar-refractivity contribution in [3.8, 4) is 11.5 Å². The maximum absolute atomic E-state index is 11.0. The van der Waals surface area contributed by atoms with Gasteiger partial charge in [0.05, 0.1) is 5.54 Å². The van der Waals surface area contributed by atoms with Gasteiger partial charge in [0, 0.05) is 12.1 Å². The number of para-hydroxylation sites is 1. The van der Waals surface area contributed by atoms with E-state index in [-0.39, 0.29) is 18.0 Å². The van der Waals surface area contributed by atoms with E-state index in [2.05, 4.69) is 5.32 Å². The number of primary amides is 1. The maximum Gasteiger partial charge on any atom is 0.237 e. The minimum absolute atomic E-state index is 0.184. The van der Waals surface area contributed by atoms with Crippen molar-refractivity contribution >= 4 is 5.91 Å². The molecule has 1 rings (SSSR count). The molecule has 5 nitrogen and oxygen atoms in total. The lowest BCUT2D eigenvalue weighted by Gasteiger charge is -2.22. The smallest absolute Gasteiger partial charge is 0.237 e. The Hall–Kier alpha value is -1.75. The number of carbonyl (C=O) groups excluding carboxylic acids is 1. The highest BCUT2D eigenvalue weighted by Gasteiger charge is 2.24. The Balaban J connectivity index is 2.76. The van der Waals surface area contributed by atoms with Crippen molar-refractivity contribution in [2.75, 3.05) is 0 Å². The van der Waals surface area contributed by atoms with Crippen LogP contribution >= 0.6 is 0 Å². The zero-order chi connectivity index (χ0) is 12.3. The van der Waals surface area contributed by atoms with Gasteiger partial charge in [-0.3, -0.25) is 10.1 Å². The molecule has 1 aromatic rings. The quantitative estimate of drug-likeness (QED) is 0.558. The normalized spacial score (nSPS) is 11.4. The fourth-order valence-corrected chi connectivity index (χ4v) is 1.12. The van der Waals surface area contributed by atoms with Crippen LogP contribution in [-0.4, -0.2) is 21.7 Å². The predicted octanol–water partition coefficient (Wildman–Crippen LogP) is 0.451. The zero-order valence-electron chi connectivity index (χ0n) is 9.32. The van der Waals surface area contributed by atoms with Crippen molar-refractivity contribution in [3.63, 3.8) is 0 Å². The Labute approximate surface area is 93.9 Å². The fourth-order valence-electron chi connectivity index (χ4n) is 1.12. The predicted molar refractivity (Wildman–Crippen MR) is 59.9 cm³/mol. The third-order valence-electron chi connectivity index (χ3n) is 2.44. The summed E-state index contributed by atoms with van der Waals surface area (Å²) in [5, 5.41) is 21.7. The maximum atomic E-state index is 11.0. The van der Waals surface area contributed by atoms with E-state index >= 15 is 0 Å². The second-order valence-corrected chi connectivity index (χ2v) is 4.13. The van der Waals surface area contributed by atoms with E-state index in [4.69, 9.17) is 5.73 Å². The number of nitrogens with one attached hydrogen (secondary N) is 1. The van der Waals surface area contributed by atoms with Gasteiger partial charge in [0.15, 0.2) is 11.5 Å². The number of phenols is 2. The molecule has 0 bridgehead atoms. The molecule has 1 aromatic carbocycles. The Morgan fingerprint density at radius 1 is 1.44 bits per heavy atom. The first-order valence-corrected chi connectivity index (χ1v) is 4.89. The van der Waals surface area contributed by atoms with Crippen molar-refractivity contribution in [2.24, 2.45) is 5.73 Å². The van der Waals surface area contributed by atoms with Crippen LogP contribution in [0.25, 0.3) is 0 Å². The molecule has 0 aromatic heterocycles. The lowest BCUT2D eigenvalue weighted by atomic mass is 10.0. The highest BCUT2D eigenvalue weighted by atomic mass is 16.3. The number of hydrogen-bond acceptors (Lipinski definition) is 4. The number of amides is 1. The molecule has 1 amide bonds. The van der Waals surface area contributed by atoms with E-state index in [9.17, 15) is 15.0 Å². The second-order valence-electron chi connectivity index (χ2n) is 4.13. The highest BCUT2D eigenvalue weighted by Crippen LogP contribution is 2.28. The summed E-state index contributed by atoms with van der Waals surface area (Å²) in [6.45, 7) is 3.54. The molecule has 0 saturated heterocycles. The molecular weight excluding hydrogens is 208 g/mol. The molecule has 0 aliphatic carbocycles. The molecule has 0 unspecified atom stereocenters. The van der Waals surface area contributed by atoms with Gasteiger partial charge in [-0.05, 0) is 19.9 Å². The number of aromatic hydroxyl groups is 2. The summed E-state index contributed by atoms with van der Waals surface area (Å²) in [5.41, 5.74) is 4.83. The van der Waals surface area contributed by atoms with Gasteiger partial charge >= 0.3 is 0 Å². The first-order valence-electron chi connectivity index (χ1n) is 4.89. The number of phenolic OH excluding ortho intramolecular Hbond substituents is 2. The van der Waals surface area contributed by atoms with Crippen LogP contribution < -0.4 is 11.1 Å². The van der Waals surface area contributed by atoms with Crippen LogP contribution in [0.5, 0.6) is 11.5 Å². The zero-order valence-corrected chi connectivity index (χ0v) is 9.32. The largest absolute Gasteiger partial charge is 0.504 e. The molecule has 0 spiro atoms. The van der Waals surface area contributed by atoms with Gasteiger partial charge in [-0.1, -0.05) is 12.1 Å². The molecule has 0 aliphatic rings. The van der Waals surface area contributed by atoms with Gasteiger partial charge in [0.2, 0.25) is 5.91 Å². The van der Waals surface area contributed by atoms with Crippen molar-refractivity contribution in [1.29, 1.82) is 0 Å². The minimum atomic E-state index is -0.863.